The molecule has 2 rings (SSSR count). The predicted octanol–water partition coefficient (Wildman–Crippen LogP) is 2.26. The third-order valence-electron chi connectivity index (χ3n) is 2.20. The summed E-state index contributed by atoms with van der Waals surface area (Å²) in [6, 6.07) is 5.57. The Morgan fingerprint density at radius 3 is 2.71 bits per heavy atom. The number of ether oxygens (including phenoxy) is 1. The van der Waals surface area contributed by atoms with Gasteiger partial charge < -0.3 is 4.74 Å². The van der Waals surface area contributed by atoms with E-state index in [-0.39, 0.29) is 0 Å². The molecule has 0 bridgehead atoms. The highest BCUT2D eigenvalue weighted by Crippen LogP contribution is 2.11. The summed E-state index contributed by atoms with van der Waals surface area (Å²) < 4.78 is 5.03. The van der Waals surface area contributed by atoms with Gasteiger partial charge in [0, 0.05) is 25.9 Å². The minimum Gasteiger partial charge on any atom is -0.378 e. The average Bonchev–Trinajstić information content (AvgIpc) is 2.30. The third kappa shape index (κ3) is 3.47. The molecular formula is C12H12ClN3O. The van der Waals surface area contributed by atoms with Crippen molar-refractivity contribution < 1.29 is 4.74 Å². The molecule has 0 saturated heterocycles. The van der Waals surface area contributed by atoms with Gasteiger partial charge in [-0.25, -0.2) is 9.97 Å². The molecule has 0 amide bonds. The van der Waals surface area contributed by atoms with E-state index in [4.69, 9.17) is 16.3 Å². The minimum absolute atomic E-state index is 0.436. The molecule has 17 heavy (non-hydrogen) atoms. The van der Waals surface area contributed by atoms with Crippen molar-refractivity contribution in [2.45, 2.75) is 13.0 Å². The van der Waals surface area contributed by atoms with E-state index in [9.17, 15) is 0 Å². The lowest BCUT2D eigenvalue weighted by atomic mass is 10.2. The summed E-state index contributed by atoms with van der Waals surface area (Å²) in [5.41, 5.74) is 1.89. The third-order valence-corrected chi connectivity index (χ3v) is 2.39. The van der Waals surface area contributed by atoms with E-state index in [0.717, 1.165) is 11.3 Å². The van der Waals surface area contributed by atoms with Gasteiger partial charge >= 0.3 is 0 Å². The summed E-state index contributed by atoms with van der Waals surface area (Å²) in [6.07, 6.45) is 4.13. The van der Waals surface area contributed by atoms with Crippen molar-refractivity contribution >= 4 is 11.6 Å². The average molecular weight is 250 g/mol. The molecule has 0 aliphatic rings. The summed E-state index contributed by atoms with van der Waals surface area (Å²) in [6.45, 7) is 0.436. The Bertz CT molecular complexity index is 490. The zero-order valence-electron chi connectivity index (χ0n) is 9.43. The lowest BCUT2D eigenvalue weighted by Crippen LogP contribution is -2.02. The molecular weight excluding hydrogens is 238 g/mol. The Hall–Kier alpha value is -1.52. The van der Waals surface area contributed by atoms with Crippen LogP contribution in [0.25, 0.3) is 0 Å². The topological polar surface area (TPSA) is 47.9 Å². The lowest BCUT2D eigenvalue weighted by Gasteiger charge is -2.04. The van der Waals surface area contributed by atoms with Crippen molar-refractivity contribution in [2.24, 2.45) is 0 Å². The predicted molar refractivity (Wildman–Crippen MR) is 64.8 cm³/mol. The Morgan fingerprint density at radius 1 is 1.24 bits per heavy atom. The van der Waals surface area contributed by atoms with E-state index in [2.05, 4.69) is 15.0 Å². The van der Waals surface area contributed by atoms with Crippen molar-refractivity contribution in [2.75, 3.05) is 7.11 Å². The molecule has 2 aromatic rings. The van der Waals surface area contributed by atoms with Crippen molar-refractivity contribution in [1.29, 1.82) is 0 Å². The molecule has 0 spiro atoms. The van der Waals surface area contributed by atoms with E-state index < -0.39 is 0 Å². The van der Waals surface area contributed by atoms with Gasteiger partial charge in [0.05, 0.1) is 12.3 Å². The van der Waals surface area contributed by atoms with E-state index in [1.54, 1.807) is 25.6 Å². The van der Waals surface area contributed by atoms with Gasteiger partial charge in [0.25, 0.3) is 0 Å². The van der Waals surface area contributed by atoms with E-state index in [1.165, 1.54) is 0 Å². The second kappa shape index (κ2) is 5.70. The first-order chi connectivity index (χ1) is 8.28. The molecule has 0 unspecified atom stereocenters. The molecule has 2 aromatic heterocycles. The normalized spacial score (nSPS) is 10.5. The maximum Gasteiger partial charge on any atom is 0.134 e. The summed E-state index contributed by atoms with van der Waals surface area (Å²) in [7, 11) is 1.62. The Labute approximate surface area is 105 Å². The van der Waals surface area contributed by atoms with Crippen LogP contribution < -0.4 is 0 Å². The Morgan fingerprint density at radius 2 is 2.00 bits per heavy atom. The monoisotopic (exact) mass is 249 g/mol. The van der Waals surface area contributed by atoms with Crippen LogP contribution in [0.4, 0.5) is 0 Å². The van der Waals surface area contributed by atoms with Gasteiger partial charge in [-0.3, -0.25) is 4.98 Å². The van der Waals surface area contributed by atoms with Crippen LogP contribution in [-0.4, -0.2) is 22.1 Å². The highest BCUT2D eigenvalue weighted by atomic mass is 35.5. The molecule has 0 aromatic carbocycles. The first-order valence-electron chi connectivity index (χ1n) is 5.18. The number of hydrogen-bond donors (Lipinski definition) is 0. The maximum atomic E-state index is 5.93. The number of pyridine rings is 1. The van der Waals surface area contributed by atoms with E-state index in [0.29, 0.717) is 24.0 Å². The van der Waals surface area contributed by atoms with Crippen LogP contribution in [0.3, 0.4) is 0 Å². The van der Waals surface area contributed by atoms with Crippen LogP contribution >= 0.6 is 11.6 Å². The molecule has 2 heterocycles. The van der Waals surface area contributed by atoms with Gasteiger partial charge in [0.2, 0.25) is 0 Å². The summed E-state index contributed by atoms with van der Waals surface area (Å²) >= 11 is 5.93. The van der Waals surface area contributed by atoms with Crippen LogP contribution in [0.5, 0.6) is 0 Å². The van der Waals surface area contributed by atoms with Gasteiger partial charge in [-0.15, -0.1) is 0 Å². The van der Waals surface area contributed by atoms with Crippen molar-refractivity contribution in [3.8, 4) is 0 Å². The second-order valence-electron chi connectivity index (χ2n) is 3.56. The highest BCUT2D eigenvalue weighted by Gasteiger charge is 2.04. The summed E-state index contributed by atoms with van der Waals surface area (Å²) in [5.74, 6) is 0.691. The van der Waals surface area contributed by atoms with Gasteiger partial charge in [-0.05, 0) is 23.8 Å². The Kier molecular flexibility index (Phi) is 4.01. The van der Waals surface area contributed by atoms with E-state index >= 15 is 0 Å². The quantitative estimate of drug-likeness (QED) is 0.780. The molecule has 0 atom stereocenters. The SMILES string of the molecule is COCc1cc(Cl)nc(Cc2ccncc2)n1. The molecule has 5 heteroatoms. The van der Waals surface area contributed by atoms with E-state index in [1.807, 2.05) is 12.1 Å². The fraction of sp³-hybridized carbons (Fsp3) is 0.250. The molecule has 0 N–H and O–H groups in total. The van der Waals surface area contributed by atoms with Gasteiger partial charge in [0.1, 0.15) is 11.0 Å². The number of hydrogen-bond acceptors (Lipinski definition) is 4. The first-order valence-corrected chi connectivity index (χ1v) is 5.56. The molecule has 88 valence electrons. The molecule has 0 saturated carbocycles. The molecule has 0 aliphatic carbocycles. The zero-order valence-corrected chi connectivity index (χ0v) is 10.2. The Balaban J connectivity index is 2.21. The van der Waals surface area contributed by atoms with Gasteiger partial charge in [-0.1, -0.05) is 11.6 Å². The van der Waals surface area contributed by atoms with Crippen LogP contribution in [0.2, 0.25) is 5.15 Å². The lowest BCUT2D eigenvalue weighted by molar-refractivity contribution is 0.181. The van der Waals surface area contributed by atoms with Crippen molar-refractivity contribution in [3.63, 3.8) is 0 Å². The number of methoxy groups -OCH3 is 1. The standard InChI is InChI=1S/C12H12ClN3O/c1-17-8-10-7-11(13)16-12(15-10)6-9-2-4-14-5-3-9/h2-5,7H,6,8H2,1H3. The van der Waals surface area contributed by atoms with Crippen LogP contribution in [0, 0.1) is 0 Å². The number of aromatic nitrogens is 3. The number of halogens is 1. The second-order valence-corrected chi connectivity index (χ2v) is 3.95. The number of rotatable bonds is 4. The fourth-order valence-electron chi connectivity index (χ4n) is 1.50. The molecule has 0 radical (unpaired) electrons. The minimum atomic E-state index is 0.436. The molecule has 4 nitrogen and oxygen atoms in total. The first kappa shape index (κ1) is 12.0. The number of nitrogens with zero attached hydrogens (tertiary/aromatic N) is 3. The van der Waals surface area contributed by atoms with Gasteiger partial charge in [-0.2, -0.15) is 0 Å². The van der Waals surface area contributed by atoms with Crippen molar-refractivity contribution in [1.82, 2.24) is 15.0 Å². The summed E-state index contributed by atoms with van der Waals surface area (Å²) in [4.78, 5) is 12.5. The summed E-state index contributed by atoms with van der Waals surface area (Å²) in [5, 5.41) is 0.441. The largest absolute Gasteiger partial charge is 0.378 e. The van der Waals surface area contributed by atoms with Crippen LogP contribution in [-0.2, 0) is 17.8 Å². The zero-order chi connectivity index (χ0) is 12.1. The fourth-order valence-corrected chi connectivity index (χ4v) is 1.72. The van der Waals surface area contributed by atoms with Crippen LogP contribution in [0.15, 0.2) is 30.6 Å². The molecule has 0 fully saturated rings. The molecule has 0 aliphatic heterocycles. The maximum absolute atomic E-state index is 5.93. The smallest absolute Gasteiger partial charge is 0.134 e. The van der Waals surface area contributed by atoms with Crippen LogP contribution in [0.1, 0.15) is 17.1 Å². The highest BCUT2D eigenvalue weighted by molar-refractivity contribution is 6.29. The van der Waals surface area contributed by atoms with Gasteiger partial charge in [0.15, 0.2) is 0 Å². The van der Waals surface area contributed by atoms with Crippen molar-refractivity contribution in [3.05, 3.63) is 52.8 Å².